The van der Waals surface area contributed by atoms with E-state index in [4.69, 9.17) is 0 Å². The van der Waals surface area contributed by atoms with Gasteiger partial charge in [0.05, 0.1) is 29.9 Å². The van der Waals surface area contributed by atoms with Crippen molar-refractivity contribution in [2.24, 2.45) is 4.99 Å². The van der Waals surface area contributed by atoms with Crippen molar-refractivity contribution in [2.75, 3.05) is 6.54 Å². The molecule has 0 radical (unpaired) electrons. The predicted molar refractivity (Wildman–Crippen MR) is 105 cm³/mol. The maximum absolute atomic E-state index is 14.4. The standard InChI is InChI=1S/C21H16F4N6O2/c22-14-4-3-7-27-16(14)11-29-19(32)9-17-13(10-26)8-15(23)20(31(17)33)30-12-21(24,25)18-5-1-2-6-28-18/h1-8,33H,9,11-12H2,(H,29,32). The molecule has 0 aromatic carbocycles. The SMILES string of the molecule is N#Cc1cc(F)c(=NCC(F)(F)c2ccccn2)n(O)c1CC(=O)NCc1ncccc1F. The van der Waals surface area contributed by atoms with Crippen molar-refractivity contribution in [3.63, 3.8) is 0 Å². The van der Waals surface area contributed by atoms with E-state index in [-0.39, 0.29) is 17.0 Å². The molecule has 2 N–H and O–H groups in total. The van der Waals surface area contributed by atoms with Crippen LogP contribution in [0.15, 0.2) is 53.8 Å². The fourth-order valence-electron chi connectivity index (χ4n) is 2.81. The number of carbonyl (C=O) groups excluding carboxylic acids is 1. The lowest BCUT2D eigenvalue weighted by atomic mass is 10.1. The molecule has 0 atom stereocenters. The molecule has 0 aliphatic rings. The Labute approximate surface area is 184 Å². The van der Waals surface area contributed by atoms with Gasteiger partial charge in [0.1, 0.15) is 24.1 Å². The van der Waals surface area contributed by atoms with Gasteiger partial charge in [-0.15, -0.1) is 0 Å². The first-order valence-electron chi connectivity index (χ1n) is 9.42. The first-order chi connectivity index (χ1) is 15.7. The maximum atomic E-state index is 14.4. The van der Waals surface area contributed by atoms with Gasteiger partial charge in [-0.05, 0) is 30.3 Å². The molecule has 3 aromatic heterocycles. The lowest BCUT2D eigenvalue weighted by molar-refractivity contribution is -0.120. The molecule has 0 saturated carbocycles. The van der Waals surface area contributed by atoms with Gasteiger partial charge in [0.2, 0.25) is 5.91 Å². The summed E-state index contributed by atoms with van der Waals surface area (Å²) in [6, 6.07) is 8.67. The molecule has 12 heteroatoms. The van der Waals surface area contributed by atoms with Crippen LogP contribution in [-0.2, 0) is 23.7 Å². The number of nitrogens with zero attached hydrogens (tertiary/aromatic N) is 5. The van der Waals surface area contributed by atoms with Crippen LogP contribution in [0.5, 0.6) is 0 Å². The first kappa shape index (κ1) is 23.4. The third kappa shape index (κ3) is 5.51. The summed E-state index contributed by atoms with van der Waals surface area (Å²) in [6.07, 6.45) is 1.84. The van der Waals surface area contributed by atoms with Crippen LogP contribution in [0.2, 0.25) is 0 Å². The Balaban J connectivity index is 1.86. The Morgan fingerprint density at radius 1 is 1.18 bits per heavy atom. The van der Waals surface area contributed by atoms with Crippen molar-refractivity contribution in [1.82, 2.24) is 20.0 Å². The number of amides is 1. The minimum Gasteiger partial charge on any atom is -0.427 e. The minimum absolute atomic E-state index is 0.0465. The van der Waals surface area contributed by atoms with Gasteiger partial charge in [-0.2, -0.15) is 18.8 Å². The van der Waals surface area contributed by atoms with Crippen LogP contribution >= 0.6 is 0 Å². The number of aromatic nitrogens is 3. The highest BCUT2D eigenvalue weighted by atomic mass is 19.3. The second-order valence-electron chi connectivity index (χ2n) is 6.72. The number of nitriles is 1. The molecule has 170 valence electrons. The molecule has 3 aromatic rings. The maximum Gasteiger partial charge on any atom is 0.308 e. The second-order valence-corrected chi connectivity index (χ2v) is 6.72. The van der Waals surface area contributed by atoms with Crippen LogP contribution in [-0.4, -0.2) is 32.4 Å². The van der Waals surface area contributed by atoms with Crippen LogP contribution in [0.4, 0.5) is 17.6 Å². The fourth-order valence-corrected chi connectivity index (χ4v) is 2.81. The average molecular weight is 460 g/mol. The monoisotopic (exact) mass is 460 g/mol. The summed E-state index contributed by atoms with van der Waals surface area (Å²) in [5, 5.41) is 21.9. The molecule has 3 rings (SSSR count). The molecule has 1 amide bonds. The third-order valence-electron chi connectivity index (χ3n) is 4.46. The molecule has 0 unspecified atom stereocenters. The van der Waals surface area contributed by atoms with Gasteiger partial charge >= 0.3 is 5.92 Å². The summed E-state index contributed by atoms with van der Waals surface area (Å²) < 4.78 is 56.7. The van der Waals surface area contributed by atoms with E-state index in [0.29, 0.717) is 6.07 Å². The highest BCUT2D eigenvalue weighted by Gasteiger charge is 2.33. The van der Waals surface area contributed by atoms with Crippen molar-refractivity contribution < 1.29 is 27.6 Å². The third-order valence-corrected chi connectivity index (χ3v) is 4.46. The van der Waals surface area contributed by atoms with E-state index in [9.17, 15) is 32.8 Å². The summed E-state index contributed by atoms with van der Waals surface area (Å²) in [7, 11) is 0. The molecule has 3 heterocycles. The van der Waals surface area contributed by atoms with Gasteiger partial charge < -0.3 is 10.5 Å². The minimum atomic E-state index is -3.57. The van der Waals surface area contributed by atoms with Crippen molar-refractivity contribution in [2.45, 2.75) is 18.9 Å². The number of hydrogen-bond donors (Lipinski definition) is 2. The Kier molecular flexibility index (Phi) is 7.02. The smallest absolute Gasteiger partial charge is 0.308 e. The first-order valence-corrected chi connectivity index (χ1v) is 9.42. The Morgan fingerprint density at radius 3 is 2.61 bits per heavy atom. The molecule has 0 aliphatic carbocycles. The normalized spacial score (nSPS) is 11.8. The van der Waals surface area contributed by atoms with Crippen molar-refractivity contribution in [3.05, 3.63) is 88.6 Å². The van der Waals surface area contributed by atoms with Gasteiger partial charge in [-0.3, -0.25) is 19.8 Å². The highest BCUT2D eigenvalue weighted by Crippen LogP contribution is 2.25. The van der Waals surface area contributed by atoms with Crippen LogP contribution in [0, 0.1) is 23.0 Å². The fraction of sp³-hybridized carbons (Fsp3) is 0.190. The van der Waals surface area contributed by atoms with Gasteiger partial charge in [0.25, 0.3) is 0 Å². The Morgan fingerprint density at radius 2 is 1.94 bits per heavy atom. The van der Waals surface area contributed by atoms with Crippen LogP contribution < -0.4 is 10.8 Å². The highest BCUT2D eigenvalue weighted by molar-refractivity contribution is 5.78. The van der Waals surface area contributed by atoms with Gasteiger partial charge in [0.15, 0.2) is 11.3 Å². The summed E-state index contributed by atoms with van der Waals surface area (Å²) in [5.41, 5.74) is -2.35. The zero-order chi connectivity index (χ0) is 24.0. The number of pyridine rings is 3. The van der Waals surface area contributed by atoms with Crippen LogP contribution in [0.25, 0.3) is 0 Å². The van der Waals surface area contributed by atoms with E-state index in [1.165, 1.54) is 24.4 Å². The van der Waals surface area contributed by atoms with E-state index in [1.54, 1.807) is 6.07 Å². The largest absolute Gasteiger partial charge is 0.427 e. The molecule has 33 heavy (non-hydrogen) atoms. The Hall–Kier alpha value is -4.27. The topological polar surface area (TPSA) is 116 Å². The van der Waals surface area contributed by atoms with Crippen molar-refractivity contribution in [1.29, 1.82) is 5.26 Å². The average Bonchev–Trinajstić information content (AvgIpc) is 2.80. The lowest BCUT2D eigenvalue weighted by Gasteiger charge is -2.14. The summed E-state index contributed by atoms with van der Waals surface area (Å²) >= 11 is 0. The van der Waals surface area contributed by atoms with E-state index in [2.05, 4.69) is 20.3 Å². The summed E-state index contributed by atoms with van der Waals surface area (Å²) in [5.74, 6) is -6.23. The zero-order valence-corrected chi connectivity index (χ0v) is 16.8. The number of rotatable bonds is 7. The van der Waals surface area contributed by atoms with E-state index in [0.717, 1.165) is 18.3 Å². The zero-order valence-electron chi connectivity index (χ0n) is 16.8. The summed E-state index contributed by atoms with van der Waals surface area (Å²) in [4.78, 5) is 23.0. The molecule has 0 spiro atoms. The van der Waals surface area contributed by atoms with E-state index < -0.39 is 58.9 Å². The van der Waals surface area contributed by atoms with Crippen molar-refractivity contribution in [3.8, 4) is 6.07 Å². The number of nitrogens with one attached hydrogen (secondary N) is 1. The van der Waals surface area contributed by atoms with Gasteiger partial charge in [-0.1, -0.05) is 6.07 Å². The summed E-state index contributed by atoms with van der Waals surface area (Å²) in [6.45, 7) is -1.54. The van der Waals surface area contributed by atoms with E-state index in [1.807, 2.05) is 0 Å². The van der Waals surface area contributed by atoms with Crippen molar-refractivity contribution >= 4 is 5.91 Å². The van der Waals surface area contributed by atoms with Gasteiger partial charge in [0, 0.05) is 12.4 Å². The molecule has 0 saturated heterocycles. The predicted octanol–water partition coefficient (Wildman–Crippen LogP) is 2.22. The lowest BCUT2D eigenvalue weighted by Crippen LogP contribution is -2.33. The van der Waals surface area contributed by atoms with Crippen LogP contribution in [0.3, 0.4) is 0 Å². The van der Waals surface area contributed by atoms with Crippen LogP contribution in [0.1, 0.15) is 22.6 Å². The molecule has 8 nitrogen and oxygen atoms in total. The van der Waals surface area contributed by atoms with Gasteiger partial charge in [-0.25, -0.2) is 8.78 Å². The number of halogens is 4. The number of hydrogen-bond acceptors (Lipinski definition) is 6. The molecule has 0 bridgehead atoms. The van der Waals surface area contributed by atoms with E-state index >= 15 is 0 Å². The molecular formula is C21H16F4N6O2. The molecule has 0 aliphatic heterocycles. The number of carbonyl (C=O) groups is 1. The Bertz CT molecular complexity index is 1270. The molecule has 0 fully saturated rings. The second kappa shape index (κ2) is 9.90. The quantitative estimate of drug-likeness (QED) is 0.414. The number of alkyl halides is 2. The molecular weight excluding hydrogens is 444 g/mol.